The lowest BCUT2D eigenvalue weighted by molar-refractivity contribution is -0.384. The average molecular weight is 406 g/mol. The predicted octanol–water partition coefficient (Wildman–Crippen LogP) is 3.52. The maximum Gasteiger partial charge on any atom is 0.343 e. The van der Waals surface area contributed by atoms with Gasteiger partial charge in [0.25, 0.3) is 5.69 Å². The Balaban J connectivity index is 1.50. The molecule has 1 aliphatic heterocycles. The van der Waals surface area contributed by atoms with Crippen LogP contribution in [0.2, 0.25) is 0 Å². The molecule has 4 rings (SSSR count). The van der Waals surface area contributed by atoms with E-state index in [1.807, 2.05) is 19.1 Å². The number of rotatable bonds is 4. The topological polar surface area (TPSA) is 107 Å². The van der Waals surface area contributed by atoms with E-state index in [9.17, 15) is 24.5 Å². The fraction of sp³-hybridized carbons (Fsp3) is 0.227. The summed E-state index contributed by atoms with van der Waals surface area (Å²) in [5.74, 6) is -1.68. The van der Waals surface area contributed by atoms with Crippen LogP contribution in [0, 0.1) is 27.9 Å². The van der Waals surface area contributed by atoms with Crippen molar-refractivity contribution < 1.29 is 24.0 Å². The van der Waals surface area contributed by atoms with Gasteiger partial charge in [-0.05, 0) is 42.7 Å². The summed E-state index contributed by atoms with van der Waals surface area (Å²) in [5, 5.41) is 10.9. The molecule has 30 heavy (non-hydrogen) atoms. The van der Waals surface area contributed by atoms with Crippen LogP contribution in [0.3, 0.4) is 0 Å². The highest BCUT2D eigenvalue weighted by Gasteiger charge is 2.50. The number of hydrogen-bond donors (Lipinski definition) is 0. The lowest BCUT2D eigenvalue weighted by Crippen LogP contribution is -2.31. The van der Waals surface area contributed by atoms with Gasteiger partial charge in [0.05, 0.1) is 28.0 Å². The largest absolute Gasteiger partial charge is 0.423 e. The summed E-state index contributed by atoms with van der Waals surface area (Å²) in [4.78, 5) is 49.3. The quantitative estimate of drug-likeness (QED) is 0.192. The first kappa shape index (κ1) is 19.5. The number of ether oxygens (including phenoxy) is 1. The van der Waals surface area contributed by atoms with Gasteiger partial charge in [0.2, 0.25) is 11.8 Å². The normalized spacial score (nSPS) is 22.7. The number of nitrogens with zero attached hydrogens (tertiary/aromatic N) is 2. The second-order valence-corrected chi connectivity index (χ2v) is 7.36. The number of carbonyl (C=O) groups excluding carboxylic acids is 3. The van der Waals surface area contributed by atoms with Crippen LogP contribution in [0.15, 0.2) is 60.7 Å². The number of amides is 2. The van der Waals surface area contributed by atoms with Crippen LogP contribution in [-0.4, -0.2) is 22.7 Å². The van der Waals surface area contributed by atoms with Crippen molar-refractivity contribution in [2.75, 3.05) is 4.90 Å². The third-order valence-corrected chi connectivity index (χ3v) is 5.47. The number of esters is 1. The number of hydrogen-bond acceptors (Lipinski definition) is 6. The van der Waals surface area contributed by atoms with E-state index < -0.39 is 10.9 Å². The highest BCUT2D eigenvalue weighted by molar-refractivity contribution is 6.22. The minimum Gasteiger partial charge on any atom is -0.423 e. The molecule has 2 aromatic carbocycles. The zero-order valence-electron chi connectivity index (χ0n) is 16.1. The number of carbonyl (C=O) groups is 3. The van der Waals surface area contributed by atoms with Crippen molar-refractivity contribution in [2.45, 2.75) is 13.3 Å². The van der Waals surface area contributed by atoms with E-state index in [1.165, 1.54) is 35.2 Å². The molecule has 3 atom stereocenters. The zero-order valence-corrected chi connectivity index (χ0v) is 16.1. The highest BCUT2D eigenvalue weighted by atomic mass is 16.6. The molecule has 1 fully saturated rings. The Morgan fingerprint density at radius 1 is 1.13 bits per heavy atom. The molecule has 152 valence electrons. The molecular weight excluding hydrogens is 388 g/mol. The smallest absolute Gasteiger partial charge is 0.343 e. The van der Waals surface area contributed by atoms with Crippen molar-refractivity contribution in [1.29, 1.82) is 0 Å². The standard InChI is InChI=1S/C22H18N2O6/c1-13-4-2-7-18-19(13)21(26)23(20(18)25)15-8-10-17(11-9-15)30-22(27)14-5-3-6-16(12-14)24(28)29/h2-6,8-13,18-19H,7H2,1H3/t13-,18+,19+/m0/s1. The Hall–Kier alpha value is -3.81. The molecule has 0 unspecified atom stereocenters. The third-order valence-electron chi connectivity index (χ3n) is 5.47. The van der Waals surface area contributed by atoms with Gasteiger partial charge in [-0.15, -0.1) is 0 Å². The minimum atomic E-state index is -0.745. The van der Waals surface area contributed by atoms with Crippen molar-refractivity contribution in [3.05, 3.63) is 76.4 Å². The zero-order chi connectivity index (χ0) is 21.4. The first-order valence-corrected chi connectivity index (χ1v) is 9.48. The Morgan fingerprint density at radius 2 is 1.87 bits per heavy atom. The lowest BCUT2D eigenvalue weighted by atomic mass is 9.78. The van der Waals surface area contributed by atoms with Crippen molar-refractivity contribution in [1.82, 2.24) is 0 Å². The monoisotopic (exact) mass is 406 g/mol. The van der Waals surface area contributed by atoms with Crippen molar-refractivity contribution in [2.24, 2.45) is 17.8 Å². The van der Waals surface area contributed by atoms with E-state index >= 15 is 0 Å². The van der Waals surface area contributed by atoms with Crippen LogP contribution in [-0.2, 0) is 9.59 Å². The Morgan fingerprint density at radius 3 is 2.53 bits per heavy atom. The van der Waals surface area contributed by atoms with Crippen molar-refractivity contribution >= 4 is 29.2 Å². The summed E-state index contributed by atoms with van der Waals surface area (Å²) in [6, 6.07) is 11.3. The summed E-state index contributed by atoms with van der Waals surface area (Å²) >= 11 is 0. The number of benzene rings is 2. The molecule has 1 aliphatic carbocycles. The molecule has 2 aliphatic rings. The Bertz CT molecular complexity index is 1080. The van der Waals surface area contributed by atoms with Crippen LogP contribution in [0.4, 0.5) is 11.4 Å². The Kier molecular flexibility index (Phi) is 4.91. The molecule has 0 N–H and O–H groups in total. The number of allylic oxidation sites excluding steroid dienone is 2. The lowest BCUT2D eigenvalue weighted by Gasteiger charge is -2.22. The van der Waals surface area contributed by atoms with Gasteiger partial charge < -0.3 is 4.74 Å². The van der Waals surface area contributed by atoms with Gasteiger partial charge in [-0.25, -0.2) is 4.79 Å². The molecule has 0 radical (unpaired) electrons. The Labute approximate surface area is 171 Å². The molecular formula is C22H18N2O6. The summed E-state index contributed by atoms with van der Waals surface area (Å²) in [6.07, 6.45) is 4.46. The third kappa shape index (κ3) is 3.36. The predicted molar refractivity (Wildman–Crippen MR) is 107 cm³/mol. The van der Waals surface area contributed by atoms with E-state index in [2.05, 4.69) is 0 Å². The van der Waals surface area contributed by atoms with Gasteiger partial charge in [-0.2, -0.15) is 0 Å². The van der Waals surface area contributed by atoms with Crippen LogP contribution in [0.1, 0.15) is 23.7 Å². The highest BCUT2D eigenvalue weighted by Crippen LogP contribution is 2.40. The maximum atomic E-state index is 12.8. The van der Waals surface area contributed by atoms with E-state index in [4.69, 9.17) is 4.74 Å². The van der Waals surface area contributed by atoms with E-state index in [0.717, 1.165) is 6.07 Å². The summed E-state index contributed by atoms with van der Waals surface area (Å²) in [6.45, 7) is 1.93. The number of nitro benzene ring substituents is 1. The number of non-ortho nitro benzene ring substituents is 1. The first-order valence-electron chi connectivity index (χ1n) is 9.48. The maximum absolute atomic E-state index is 12.8. The van der Waals surface area contributed by atoms with Gasteiger partial charge in [-0.1, -0.05) is 25.1 Å². The van der Waals surface area contributed by atoms with Crippen molar-refractivity contribution in [3.8, 4) is 5.75 Å². The van der Waals surface area contributed by atoms with Gasteiger partial charge >= 0.3 is 5.97 Å². The molecule has 8 heteroatoms. The molecule has 0 spiro atoms. The fourth-order valence-corrected chi connectivity index (χ4v) is 3.98. The molecule has 2 aromatic rings. The van der Waals surface area contributed by atoms with Gasteiger partial charge in [0, 0.05) is 12.1 Å². The average Bonchev–Trinajstić information content (AvgIpc) is 3.00. The molecule has 0 saturated carbocycles. The SMILES string of the molecule is C[C@H]1C=CC[C@H]2C(=O)N(c3ccc(OC(=O)c4cccc([N+](=O)[O-])c4)cc3)C(=O)[C@H]12. The van der Waals surface area contributed by atoms with Crippen molar-refractivity contribution in [3.63, 3.8) is 0 Å². The molecule has 0 aromatic heterocycles. The van der Waals surface area contributed by atoms with Crippen LogP contribution >= 0.6 is 0 Å². The first-order chi connectivity index (χ1) is 14.4. The van der Waals surface area contributed by atoms with E-state index in [0.29, 0.717) is 12.1 Å². The van der Waals surface area contributed by atoms with Crippen LogP contribution in [0.25, 0.3) is 0 Å². The number of imide groups is 1. The van der Waals surface area contributed by atoms with Gasteiger partial charge in [0.1, 0.15) is 5.75 Å². The number of fused-ring (bicyclic) bond motifs is 1. The number of nitro groups is 1. The van der Waals surface area contributed by atoms with E-state index in [1.54, 1.807) is 12.1 Å². The summed E-state index contributed by atoms with van der Waals surface area (Å²) in [7, 11) is 0. The van der Waals surface area contributed by atoms with E-state index in [-0.39, 0.29) is 46.6 Å². The molecule has 0 bridgehead atoms. The second kappa shape index (κ2) is 7.55. The molecule has 1 saturated heterocycles. The molecule has 1 heterocycles. The fourth-order valence-electron chi connectivity index (χ4n) is 3.98. The number of anilines is 1. The summed E-state index contributed by atoms with van der Waals surface area (Å²) in [5.41, 5.74) is 0.251. The van der Waals surface area contributed by atoms with Gasteiger partial charge in [-0.3, -0.25) is 24.6 Å². The molecule has 8 nitrogen and oxygen atoms in total. The molecule has 2 amide bonds. The summed E-state index contributed by atoms with van der Waals surface area (Å²) < 4.78 is 5.26. The van der Waals surface area contributed by atoms with Crippen LogP contribution < -0.4 is 9.64 Å². The van der Waals surface area contributed by atoms with Crippen LogP contribution in [0.5, 0.6) is 5.75 Å². The second-order valence-electron chi connectivity index (χ2n) is 7.36. The van der Waals surface area contributed by atoms with Gasteiger partial charge in [0.15, 0.2) is 0 Å². The minimum absolute atomic E-state index is 0.000331.